The van der Waals surface area contributed by atoms with E-state index >= 15 is 0 Å². The molecule has 0 saturated carbocycles. The van der Waals surface area contributed by atoms with Crippen molar-refractivity contribution in [2.24, 2.45) is 5.92 Å². The van der Waals surface area contributed by atoms with Crippen LogP contribution in [0.15, 0.2) is 28.4 Å². The zero-order valence-corrected chi connectivity index (χ0v) is 17.1. The number of esters is 1. The predicted molar refractivity (Wildman–Crippen MR) is 106 cm³/mol. The van der Waals surface area contributed by atoms with Gasteiger partial charge >= 0.3 is 5.97 Å². The number of carbonyl (C=O) groups excluding carboxylic acids is 1. The molecule has 2 aliphatic rings. The summed E-state index contributed by atoms with van der Waals surface area (Å²) in [7, 11) is 1.48. The molecular formula is C18H20Cl2INO2. The van der Waals surface area contributed by atoms with Crippen LogP contribution in [-0.4, -0.2) is 36.6 Å². The molecule has 2 bridgehead atoms. The van der Waals surface area contributed by atoms with Crippen molar-refractivity contribution in [3.63, 3.8) is 0 Å². The van der Waals surface area contributed by atoms with Crippen LogP contribution in [0.2, 0.25) is 10.0 Å². The summed E-state index contributed by atoms with van der Waals surface area (Å²) >= 11 is 14.5. The molecule has 4 atom stereocenters. The third kappa shape index (κ3) is 3.48. The van der Waals surface area contributed by atoms with E-state index in [0.717, 1.165) is 31.4 Å². The Balaban J connectivity index is 1.94. The fourth-order valence-electron chi connectivity index (χ4n) is 4.30. The van der Waals surface area contributed by atoms with Crippen LogP contribution < -0.4 is 0 Å². The summed E-state index contributed by atoms with van der Waals surface area (Å²) < 4.78 is 7.19. The smallest absolute Gasteiger partial charge is 0.310 e. The Morgan fingerprint density at radius 3 is 2.83 bits per heavy atom. The summed E-state index contributed by atoms with van der Waals surface area (Å²) in [5.41, 5.74) is 1.08. The van der Waals surface area contributed by atoms with Crippen molar-refractivity contribution in [2.45, 2.75) is 37.3 Å². The summed E-state index contributed by atoms with van der Waals surface area (Å²) in [5, 5.41) is 1.09. The number of nitrogens with zero attached hydrogens (tertiary/aromatic N) is 1. The van der Waals surface area contributed by atoms with Crippen LogP contribution in [0.3, 0.4) is 0 Å². The first-order chi connectivity index (χ1) is 11.6. The maximum Gasteiger partial charge on any atom is 0.310 e. The molecule has 0 amide bonds. The first-order valence-electron chi connectivity index (χ1n) is 8.10. The molecule has 24 heavy (non-hydrogen) atoms. The van der Waals surface area contributed by atoms with E-state index in [1.807, 2.05) is 22.3 Å². The van der Waals surface area contributed by atoms with Crippen molar-refractivity contribution in [1.29, 1.82) is 0 Å². The minimum absolute atomic E-state index is 0.125. The summed E-state index contributed by atoms with van der Waals surface area (Å²) in [6.45, 7) is 0.889. The van der Waals surface area contributed by atoms with Gasteiger partial charge in [-0.25, -0.2) is 0 Å². The van der Waals surface area contributed by atoms with Gasteiger partial charge in [-0.15, -0.1) is 0 Å². The highest BCUT2D eigenvalue weighted by Gasteiger charge is 2.50. The fourth-order valence-corrected chi connectivity index (χ4v) is 4.84. The normalized spacial score (nSPS) is 30.0. The number of halogens is 3. The number of methoxy groups -OCH3 is 1. The van der Waals surface area contributed by atoms with Gasteiger partial charge in [-0.2, -0.15) is 0 Å². The lowest BCUT2D eigenvalue weighted by atomic mass is 9.76. The Kier molecular flexibility index (Phi) is 6.11. The second-order valence-electron chi connectivity index (χ2n) is 6.42. The molecule has 130 valence electrons. The number of carbonyl (C=O) groups is 1. The highest BCUT2D eigenvalue weighted by Crippen LogP contribution is 2.48. The number of hydrogen-bond donors (Lipinski definition) is 0. The molecule has 3 nitrogen and oxygen atoms in total. The summed E-state index contributed by atoms with van der Waals surface area (Å²) in [6, 6.07) is 6.45. The molecule has 0 unspecified atom stereocenters. The summed E-state index contributed by atoms with van der Waals surface area (Å²) in [5.74, 6) is -0.155. The van der Waals surface area contributed by atoms with Crippen LogP contribution in [0.5, 0.6) is 0 Å². The molecule has 0 aliphatic carbocycles. The molecule has 2 aliphatic heterocycles. The summed E-state index contributed by atoms with van der Waals surface area (Å²) in [6.07, 6.45) is 5.27. The monoisotopic (exact) mass is 479 g/mol. The molecular weight excluding hydrogens is 460 g/mol. The second kappa shape index (κ2) is 7.94. The van der Waals surface area contributed by atoms with E-state index < -0.39 is 0 Å². The van der Waals surface area contributed by atoms with Gasteiger partial charge in [0, 0.05) is 24.5 Å². The first kappa shape index (κ1) is 18.5. The van der Waals surface area contributed by atoms with Crippen molar-refractivity contribution in [3.05, 3.63) is 44.0 Å². The number of ether oxygens (including phenoxy) is 1. The minimum atomic E-state index is -0.159. The number of fused-ring (bicyclic) bond motifs is 2. The molecule has 0 N–H and O–H groups in total. The molecule has 2 heterocycles. The maximum absolute atomic E-state index is 12.6. The Hall–Kier alpha value is -0.300. The lowest BCUT2D eigenvalue weighted by molar-refractivity contribution is -0.150. The zero-order chi connectivity index (χ0) is 17.3. The minimum Gasteiger partial charge on any atom is -0.469 e. The standard InChI is InChI=1S/C18H20Cl2INO2/c1-24-18(23)17-13(11-3-5-14(19)15(20)9-11)10-12-4-6-16(17)22(12)8-2-7-21/h2-3,5,7,9,12-13,16-17H,4,6,8,10H2,1H3/b7-2+/t12-,13+,16+,17-/m0/s1. The van der Waals surface area contributed by atoms with Crippen molar-refractivity contribution in [3.8, 4) is 0 Å². The number of rotatable bonds is 4. The summed E-state index contributed by atoms with van der Waals surface area (Å²) in [4.78, 5) is 15.0. The quantitative estimate of drug-likeness (QED) is 0.447. The topological polar surface area (TPSA) is 29.5 Å². The molecule has 0 spiro atoms. The number of benzene rings is 1. The van der Waals surface area contributed by atoms with E-state index in [2.05, 4.69) is 33.6 Å². The van der Waals surface area contributed by atoms with Crippen molar-refractivity contribution in [2.75, 3.05) is 13.7 Å². The van der Waals surface area contributed by atoms with Gasteiger partial charge in [0.2, 0.25) is 0 Å². The predicted octanol–water partition coefficient (Wildman–Crippen LogP) is 5.05. The van der Waals surface area contributed by atoms with Gasteiger partial charge < -0.3 is 4.74 Å². The van der Waals surface area contributed by atoms with E-state index in [0.29, 0.717) is 16.1 Å². The second-order valence-corrected chi connectivity index (χ2v) is 7.96. The van der Waals surface area contributed by atoms with Gasteiger partial charge in [-0.05, 0) is 41.0 Å². The molecule has 2 fully saturated rings. The maximum atomic E-state index is 12.6. The van der Waals surface area contributed by atoms with Crippen LogP contribution in [-0.2, 0) is 9.53 Å². The Labute approximate surface area is 166 Å². The van der Waals surface area contributed by atoms with Gasteiger partial charge in [-0.3, -0.25) is 9.69 Å². The lowest BCUT2D eigenvalue weighted by Crippen LogP contribution is -2.50. The van der Waals surface area contributed by atoms with E-state index in [1.54, 1.807) is 0 Å². The average molecular weight is 480 g/mol. The van der Waals surface area contributed by atoms with Gasteiger partial charge in [0.05, 0.1) is 23.1 Å². The van der Waals surface area contributed by atoms with Crippen LogP contribution in [0, 0.1) is 5.92 Å². The van der Waals surface area contributed by atoms with Crippen molar-refractivity contribution < 1.29 is 9.53 Å². The van der Waals surface area contributed by atoms with Gasteiger partial charge in [-0.1, -0.05) is 57.9 Å². The van der Waals surface area contributed by atoms with E-state index in [4.69, 9.17) is 27.9 Å². The molecule has 1 aromatic rings. The zero-order valence-electron chi connectivity index (χ0n) is 13.4. The van der Waals surface area contributed by atoms with Gasteiger partial charge in [0.1, 0.15) is 0 Å². The average Bonchev–Trinajstić information content (AvgIpc) is 2.86. The molecule has 0 aromatic heterocycles. The first-order valence-corrected chi connectivity index (χ1v) is 10.1. The fraction of sp³-hybridized carbons (Fsp3) is 0.500. The van der Waals surface area contributed by atoms with Gasteiger partial charge in [0.15, 0.2) is 0 Å². The van der Waals surface area contributed by atoms with Crippen LogP contribution in [0.4, 0.5) is 0 Å². The Morgan fingerprint density at radius 1 is 1.38 bits per heavy atom. The highest BCUT2D eigenvalue weighted by molar-refractivity contribution is 14.1. The SMILES string of the molecule is COC(=O)[C@H]1[C@@H](c2ccc(Cl)c(Cl)c2)C[C@@H]2CC[C@H]1N2C/C=C/I. The molecule has 0 radical (unpaired) electrons. The number of piperidine rings is 1. The van der Waals surface area contributed by atoms with E-state index in [9.17, 15) is 4.79 Å². The highest BCUT2D eigenvalue weighted by atomic mass is 127. The lowest BCUT2D eigenvalue weighted by Gasteiger charge is -2.43. The molecule has 2 saturated heterocycles. The van der Waals surface area contributed by atoms with Crippen molar-refractivity contribution >= 4 is 51.8 Å². The van der Waals surface area contributed by atoms with Crippen molar-refractivity contribution in [1.82, 2.24) is 4.90 Å². The van der Waals surface area contributed by atoms with Crippen LogP contribution in [0.25, 0.3) is 0 Å². The molecule has 3 rings (SSSR count). The van der Waals surface area contributed by atoms with Crippen LogP contribution in [0.1, 0.15) is 30.7 Å². The van der Waals surface area contributed by atoms with Crippen LogP contribution >= 0.6 is 45.8 Å². The third-order valence-corrected chi connectivity index (χ3v) is 6.56. The van der Waals surface area contributed by atoms with E-state index in [-0.39, 0.29) is 23.8 Å². The Bertz CT molecular complexity index is 652. The molecule has 1 aromatic carbocycles. The van der Waals surface area contributed by atoms with E-state index in [1.165, 1.54) is 7.11 Å². The number of hydrogen-bond acceptors (Lipinski definition) is 3. The molecule has 6 heteroatoms. The largest absolute Gasteiger partial charge is 0.469 e. The third-order valence-electron chi connectivity index (χ3n) is 5.32. The Morgan fingerprint density at radius 2 is 2.17 bits per heavy atom. The van der Waals surface area contributed by atoms with Gasteiger partial charge in [0.25, 0.3) is 0 Å².